The number of esters is 1. The molecule has 7 atom stereocenters. The number of benzene rings is 1. The van der Waals surface area contributed by atoms with Gasteiger partial charge < -0.3 is 23.8 Å². The largest absolute Gasteiger partial charge is 0.486 e. The molecule has 2 amide bonds. The van der Waals surface area contributed by atoms with Crippen molar-refractivity contribution < 1.29 is 46.5 Å². The molecule has 0 spiro atoms. The standard InChI is InChI=1S/C42H55N3O10S/c1-25-9-7-8-10-27-22-42(27,39(49)44-56(50,51)41(6)14-15-41)23-33(46)32-20-28(24-45(32)38(48)31(26(2)19-25)21-35(47)55-40(3,4)5)54-37-30-11-12-34-36(53-18-17-52-34)29(30)13-16-43-37/h8,10-13,16,25-28,31-32H,7,9,14-15,17-24H2,1-6H3,(H,44,49)/b10-8-/t25-,26+,27+,28+,31-,32-,42+/m0/s1. The van der Waals surface area contributed by atoms with Gasteiger partial charge in [0.15, 0.2) is 17.3 Å². The van der Waals surface area contributed by atoms with Gasteiger partial charge >= 0.3 is 5.97 Å². The smallest absolute Gasteiger partial charge is 0.307 e. The average molecular weight is 794 g/mol. The lowest BCUT2D eigenvalue weighted by molar-refractivity contribution is -0.160. The fourth-order valence-corrected chi connectivity index (χ4v) is 9.97. The Bertz CT molecular complexity index is 2040. The maximum Gasteiger partial charge on any atom is 0.307 e. The predicted octanol–water partition coefficient (Wildman–Crippen LogP) is 5.68. The number of carbonyl (C=O) groups is 4. The van der Waals surface area contributed by atoms with E-state index in [0.717, 1.165) is 18.2 Å². The number of amides is 2. The molecule has 1 saturated heterocycles. The summed E-state index contributed by atoms with van der Waals surface area (Å²) in [6, 6.07) is 4.47. The average Bonchev–Trinajstić information content (AvgIpc) is 4.01. The maximum atomic E-state index is 14.9. The van der Waals surface area contributed by atoms with Crippen LogP contribution < -0.4 is 18.9 Å². The van der Waals surface area contributed by atoms with Gasteiger partial charge in [-0.3, -0.25) is 23.9 Å². The van der Waals surface area contributed by atoms with Crippen molar-refractivity contribution in [3.63, 3.8) is 0 Å². The van der Waals surface area contributed by atoms with Gasteiger partial charge in [0.25, 0.3) is 0 Å². The van der Waals surface area contributed by atoms with Crippen LogP contribution in [0.1, 0.15) is 99.3 Å². The van der Waals surface area contributed by atoms with Gasteiger partial charge in [-0.2, -0.15) is 0 Å². The number of rotatable bonds is 7. The molecular weight excluding hydrogens is 739 g/mol. The lowest BCUT2D eigenvalue weighted by atomic mass is 9.82. The second-order valence-electron chi connectivity index (χ2n) is 18.0. The van der Waals surface area contributed by atoms with Crippen molar-refractivity contribution in [3.05, 3.63) is 36.5 Å². The first kappa shape index (κ1) is 40.0. The van der Waals surface area contributed by atoms with Crippen LogP contribution in [0, 0.1) is 29.1 Å². The zero-order chi connectivity index (χ0) is 40.2. The zero-order valence-corrected chi connectivity index (χ0v) is 34.1. The van der Waals surface area contributed by atoms with Crippen LogP contribution in [0.2, 0.25) is 0 Å². The summed E-state index contributed by atoms with van der Waals surface area (Å²) in [5.74, 6) is -1.50. The lowest BCUT2D eigenvalue weighted by Gasteiger charge is -2.32. The van der Waals surface area contributed by atoms with E-state index in [2.05, 4.69) is 16.6 Å². The molecule has 1 N–H and O–H groups in total. The molecule has 3 fully saturated rings. The van der Waals surface area contributed by atoms with Gasteiger partial charge in [-0.15, -0.1) is 0 Å². The molecule has 0 unspecified atom stereocenters. The number of carbonyl (C=O) groups excluding carboxylic acids is 4. The van der Waals surface area contributed by atoms with Gasteiger partial charge in [-0.05, 0) is 102 Å². The van der Waals surface area contributed by atoms with Gasteiger partial charge in [0, 0.05) is 29.8 Å². The van der Waals surface area contributed by atoms with Crippen molar-refractivity contribution in [2.45, 2.75) is 122 Å². The summed E-state index contributed by atoms with van der Waals surface area (Å²) in [5, 5.41) is 1.43. The van der Waals surface area contributed by atoms with Crippen LogP contribution in [-0.4, -0.2) is 84.1 Å². The normalized spacial score (nSPS) is 30.9. The van der Waals surface area contributed by atoms with E-state index in [1.807, 2.05) is 31.2 Å². The number of nitrogens with zero attached hydrogens (tertiary/aromatic N) is 2. The molecule has 4 heterocycles. The molecule has 14 heteroatoms. The van der Waals surface area contributed by atoms with Crippen LogP contribution in [0.4, 0.5) is 0 Å². The van der Waals surface area contributed by atoms with E-state index < -0.39 is 55.7 Å². The highest BCUT2D eigenvalue weighted by molar-refractivity contribution is 7.91. The van der Waals surface area contributed by atoms with Gasteiger partial charge in [0.2, 0.25) is 27.7 Å². The van der Waals surface area contributed by atoms with Crippen molar-refractivity contribution >= 4 is 44.4 Å². The molecule has 56 heavy (non-hydrogen) atoms. The third-order valence-corrected chi connectivity index (χ3v) is 14.5. The Morgan fingerprint density at radius 2 is 1.80 bits per heavy atom. The number of nitrogens with one attached hydrogen (secondary N) is 1. The van der Waals surface area contributed by atoms with Crippen LogP contribution >= 0.6 is 0 Å². The second kappa shape index (κ2) is 14.9. The Kier molecular flexibility index (Phi) is 10.7. The van der Waals surface area contributed by atoms with Crippen LogP contribution in [0.5, 0.6) is 17.4 Å². The van der Waals surface area contributed by atoms with E-state index >= 15 is 0 Å². The third-order valence-electron chi connectivity index (χ3n) is 12.3. The molecule has 0 radical (unpaired) electrons. The van der Waals surface area contributed by atoms with Gasteiger partial charge in [-0.25, -0.2) is 13.4 Å². The highest BCUT2D eigenvalue weighted by Gasteiger charge is 2.62. The molecule has 3 aliphatic heterocycles. The van der Waals surface area contributed by atoms with E-state index in [1.54, 1.807) is 40.0 Å². The fourth-order valence-electron chi connectivity index (χ4n) is 8.64. The van der Waals surface area contributed by atoms with Crippen molar-refractivity contribution in [3.8, 4) is 17.4 Å². The molecule has 1 aromatic heterocycles. The Morgan fingerprint density at radius 3 is 2.54 bits per heavy atom. The van der Waals surface area contributed by atoms with E-state index in [-0.39, 0.29) is 55.3 Å². The number of allylic oxidation sites excluding steroid dienone is 2. The van der Waals surface area contributed by atoms with Crippen molar-refractivity contribution in [2.24, 2.45) is 29.1 Å². The van der Waals surface area contributed by atoms with Crippen molar-refractivity contribution in [1.82, 2.24) is 14.6 Å². The van der Waals surface area contributed by atoms with Gasteiger partial charge in [-0.1, -0.05) is 26.0 Å². The monoisotopic (exact) mass is 793 g/mol. The Hall–Kier alpha value is -4.20. The maximum absolute atomic E-state index is 14.9. The number of ketones is 1. The van der Waals surface area contributed by atoms with Crippen molar-refractivity contribution in [1.29, 1.82) is 0 Å². The van der Waals surface area contributed by atoms with Crippen LogP contribution in [-0.2, 0) is 33.9 Å². The van der Waals surface area contributed by atoms with Gasteiger partial charge in [0.05, 0.1) is 35.1 Å². The molecule has 1 aromatic carbocycles. The number of pyridine rings is 1. The number of hydrogen-bond donors (Lipinski definition) is 1. The topological polar surface area (TPSA) is 168 Å². The minimum Gasteiger partial charge on any atom is -0.486 e. The minimum absolute atomic E-state index is 0.0419. The highest BCUT2D eigenvalue weighted by atomic mass is 32.2. The first-order valence-corrected chi connectivity index (χ1v) is 21.5. The number of hydrogen-bond acceptors (Lipinski definition) is 11. The number of sulfonamides is 1. The fraction of sp³-hybridized carbons (Fsp3) is 0.643. The van der Waals surface area contributed by atoms with Gasteiger partial charge in [0.1, 0.15) is 24.9 Å². The Balaban J connectivity index is 1.22. The van der Waals surface area contributed by atoms with Crippen molar-refractivity contribution in [2.75, 3.05) is 19.8 Å². The first-order chi connectivity index (χ1) is 26.4. The summed E-state index contributed by atoms with van der Waals surface area (Å²) in [6.45, 7) is 11.9. The van der Waals surface area contributed by atoms with Crippen LogP contribution in [0.15, 0.2) is 36.5 Å². The van der Waals surface area contributed by atoms with Crippen LogP contribution in [0.25, 0.3) is 10.8 Å². The first-order valence-electron chi connectivity index (χ1n) is 20.0. The quantitative estimate of drug-likeness (QED) is 0.271. The summed E-state index contributed by atoms with van der Waals surface area (Å²) in [6.07, 6.45) is 8.06. The Labute approximate surface area is 329 Å². The summed E-state index contributed by atoms with van der Waals surface area (Å²) >= 11 is 0. The SMILES string of the molecule is C[C@H]1CC/C=C\[C@@H]2C[C@@]2(C(=O)NS(=O)(=O)C2(C)CC2)CC(=O)[C@@H]2C[C@@H](Oc3nccc4c5c(ccc34)OCCO5)CN2C(=O)[C@@H](CC(=O)OC(C)(C)C)[C@H](C)C1. The summed E-state index contributed by atoms with van der Waals surface area (Å²) in [5.41, 5.74) is -2.03. The summed E-state index contributed by atoms with van der Waals surface area (Å²) in [7, 11) is -3.96. The molecule has 2 saturated carbocycles. The Morgan fingerprint density at radius 1 is 1.05 bits per heavy atom. The molecule has 0 bridgehead atoms. The molecule has 304 valence electrons. The molecule has 2 aromatic rings. The van der Waals surface area contributed by atoms with E-state index in [4.69, 9.17) is 18.9 Å². The minimum atomic E-state index is -3.96. The lowest BCUT2D eigenvalue weighted by Crippen LogP contribution is -2.48. The van der Waals surface area contributed by atoms with E-state index in [9.17, 15) is 27.6 Å². The molecule has 13 nitrogen and oxygen atoms in total. The molecular formula is C42H55N3O10S. The number of ether oxygens (including phenoxy) is 4. The predicted molar refractivity (Wildman–Crippen MR) is 207 cm³/mol. The number of fused-ring (bicyclic) bond motifs is 5. The van der Waals surface area contributed by atoms with Crippen LogP contribution in [0.3, 0.4) is 0 Å². The molecule has 7 rings (SSSR count). The van der Waals surface area contributed by atoms with E-state index in [1.165, 1.54) is 4.90 Å². The second-order valence-corrected chi connectivity index (χ2v) is 20.2. The third kappa shape index (κ3) is 8.13. The van der Waals surface area contributed by atoms with E-state index in [0.29, 0.717) is 61.7 Å². The summed E-state index contributed by atoms with van der Waals surface area (Å²) in [4.78, 5) is 63.0. The zero-order valence-electron chi connectivity index (χ0n) is 33.3. The molecule has 2 aliphatic carbocycles. The number of Topliss-reactive ketones (excluding diaryl/α,β-unsaturated/α-hetero) is 1. The molecule has 5 aliphatic rings. The summed E-state index contributed by atoms with van der Waals surface area (Å²) < 4.78 is 51.8. The number of aromatic nitrogens is 1. The highest BCUT2D eigenvalue weighted by Crippen LogP contribution is 2.58.